The molecule has 2 aliphatic rings. The molecule has 3 aromatic rings. The largest absolute Gasteiger partial charge is 0.492 e. The minimum Gasteiger partial charge on any atom is -0.492 e. The van der Waals surface area contributed by atoms with Gasteiger partial charge in [0.15, 0.2) is 0 Å². The molecule has 1 aromatic heterocycles. The molecule has 32 heavy (non-hydrogen) atoms. The van der Waals surface area contributed by atoms with Crippen LogP contribution in [0.2, 0.25) is 0 Å². The van der Waals surface area contributed by atoms with E-state index in [0.717, 1.165) is 55.2 Å². The number of carbonyl (C=O) groups excluding carboxylic acids is 1. The Morgan fingerprint density at radius 2 is 1.88 bits per heavy atom. The number of aromatic nitrogens is 2. The topological polar surface area (TPSA) is 74.4 Å². The molecule has 1 saturated heterocycles. The second-order valence-electron chi connectivity index (χ2n) is 8.28. The molecule has 0 aliphatic carbocycles. The van der Waals surface area contributed by atoms with Crippen LogP contribution in [0, 0.1) is 11.3 Å². The number of para-hydroxylation sites is 1. The first-order valence-electron chi connectivity index (χ1n) is 11.0. The lowest BCUT2D eigenvalue weighted by molar-refractivity contribution is 0.0622. The van der Waals surface area contributed by atoms with E-state index in [2.05, 4.69) is 20.5 Å². The molecule has 7 nitrogen and oxygen atoms in total. The lowest BCUT2D eigenvalue weighted by atomic mass is 10.1. The van der Waals surface area contributed by atoms with E-state index in [1.165, 1.54) is 0 Å². The number of carbonyl (C=O) groups is 1. The molecule has 0 unspecified atom stereocenters. The molecule has 0 atom stereocenters. The molecular formula is C25H25N5O2. The standard InChI is InChI=1S/C25H25N5O2/c26-14-19-4-6-20(7-5-19)16-30-18-27-15-22(30)17-28-9-11-29(12-10-28)25(31)23-3-1-2-21-8-13-32-24(21)23/h1-7,15,18H,8-13,16-17H2. The van der Waals surface area contributed by atoms with E-state index in [1.54, 1.807) is 0 Å². The number of nitriles is 1. The van der Waals surface area contributed by atoms with Crippen LogP contribution >= 0.6 is 0 Å². The highest BCUT2D eigenvalue weighted by atomic mass is 16.5. The quantitative estimate of drug-likeness (QED) is 0.626. The molecule has 1 amide bonds. The van der Waals surface area contributed by atoms with E-state index < -0.39 is 0 Å². The molecule has 0 radical (unpaired) electrons. The van der Waals surface area contributed by atoms with Gasteiger partial charge in [-0.3, -0.25) is 9.69 Å². The average molecular weight is 428 g/mol. The third kappa shape index (κ3) is 4.10. The number of hydrogen-bond acceptors (Lipinski definition) is 5. The molecule has 2 aliphatic heterocycles. The van der Waals surface area contributed by atoms with E-state index in [4.69, 9.17) is 10.00 Å². The zero-order valence-electron chi connectivity index (χ0n) is 17.9. The zero-order valence-corrected chi connectivity index (χ0v) is 17.9. The highest BCUT2D eigenvalue weighted by molar-refractivity contribution is 5.97. The fourth-order valence-electron chi connectivity index (χ4n) is 4.40. The maximum absolute atomic E-state index is 13.1. The van der Waals surface area contributed by atoms with E-state index in [9.17, 15) is 4.79 Å². The van der Waals surface area contributed by atoms with E-state index in [1.807, 2.05) is 59.9 Å². The maximum Gasteiger partial charge on any atom is 0.257 e. The maximum atomic E-state index is 13.1. The molecule has 0 saturated carbocycles. The number of hydrogen-bond donors (Lipinski definition) is 0. The molecule has 3 heterocycles. The lowest BCUT2D eigenvalue weighted by Gasteiger charge is -2.35. The Labute approximate surface area is 187 Å². The Morgan fingerprint density at radius 1 is 1.06 bits per heavy atom. The number of piperazine rings is 1. The van der Waals surface area contributed by atoms with Crippen molar-refractivity contribution in [1.29, 1.82) is 5.26 Å². The van der Waals surface area contributed by atoms with E-state index in [0.29, 0.717) is 30.8 Å². The van der Waals surface area contributed by atoms with Crippen LogP contribution in [0.1, 0.15) is 32.7 Å². The molecule has 0 bridgehead atoms. The molecule has 0 N–H and O–H groups in total. The first-order chi connectivity index (χ1) is 15.7. The summed E-state index contributed by atoms with van der Waals surface area (Å²) in [5.74, 6) is 0.834. The van der Waals surface area contributed by atoms with Crippen molar-refractivity contribution in [3.63, 3.8) is 0 Å². The molecular weight excluding hydrogens is 402 g/mol. The molecule has 0 spiro atoms. The van der Waals surface area contributed by atoms with Crippen molar-refractivity contribution in [2.45, 2.75) is 19.5 Å². The predicted molar refractivity (Wildman–Crippen MR) is 119 cm³/mol. The van der Waals surface area contributed by atoms with Crippen LogP contribution in [0.4, 0.5) is 0 Å². The summed E-state index contributed by atoms with van der Waals surface area (Å²) in [4.78, 5) is 21.7. The van der Waals surface area contributed by atoms with Crippen molar-refractivity contribution in [3.8, 4) is 11.8 Å². The van der Waals surface area contributed by atoms with Gasteiger partial charge in [-0.25, -0.2) is 4.98 Å². The lowest BCUT2D eigenvalue weighted by Crippen LogP contribution is -2.48. The van der Waals surface area contributed by atoms with Crippen molar-refractivity contribution >= 4 is 5.91 Å². The molecule has 7 heteroatoms. The first kappa shape index (κ1) is 20.3. The minimum atomic E-state index is 0.0641. The van der Waals surface area contributed by atoms with Gasteiger partial charge < -0.3 is 14.2 Å². The first-order valence-corrected chi connectivity index (χ1v) is 11.0. The summed E-state index contributed by atoms with van der Waals surface area (Å²) in [7, 11) is 0. The number of ether oxygens (including phenoxy) is 1. The third-order valence-corrected chi connectivity index (χ3v) is 6.22. The van der Waals surface area contributed by atoms with Crippen LogP contribution in [0.25, 0.3) is 0 Å². The SMILES string of the molecule is N#Cc1ccc(Cn2cncc2CN2CCN(C(=O)c3cccc4c3OCC4)CC2)cc1. The van der Waals surface area contributed by atoms with Gasteiger partial charge in [-0.2, -0.15) is 5.26 Å². The summed E-state index contributed by atoms with van der Waals surface area (Å²) in [6.45, 7) is 5.22. The van der Waals surface area contributed by atoms with Gasteiger partial charge in [0.1, 0.15) is 5.75 Å². The number of amides is 1. The Morgan fingerprint density at radius 3 is 2.66 bits per heavy atom. The molecule has 2 aromatic carbocycles. The molecule has 1 fully saturated rings. The molecule has 162 valence electrons. The summed E-state index contributed by atoms with van der Waals surface area (Å²) in [6.07, 6.45) is 4.63. The second kappa shape index (κ2) is 8.85. The van der Waals surface area contributed by atoms with Gasteiger partial charge >= 0.3 is 0 Å². The van der Waals surface area contributed by atoms with Crippen molar-refractivity contribution in [2.75, 3.05) is 32.8 Å². The van der Waals surface area contributed by atoms with Gasteiger partial charge in [0.05, 0.1) is 35.8 Å². The second-order valence-corrected chi connectivity index (χ2v) is 8.28. The predicted octanol–water partition coefficient (Wildman–Crippen LogP) is 2.70. The van der Waals surface area contributed by atoms with Crippen LogP contribution in [0.15, 0.2) is 55.0 Å². The number of nitrogens with zero attached hydrogens (tertiary/aromatic N) is 5. The highest BCUT2D eigenvalue weighted by Crippen LogP contribution is 2.30. The van der Waals surface area contributed by atoms with E-state index in [-0.39, 0.29) is 5.91 Å². The fraction of sp³-hybridized carbons (Fsp3) is 0.320. The summed E-state index contributed by atoms with van der Waals surface area (Å²) >= 11 is 0. The summed E-state index contributed by atoms with van der Waals surface area (Å²) < 4.78 is 7.87. The number of rotatable bonds is 5. The molecule has 5 rings (SSSR count). The summed E-state index contributed by atoms with van der Waals surface area (Å²) in [5.41, 5.74) is 4.76. The Kier molecular flexibility index (Phi) is 5.61. The highest BCUT2D eigenvalue weighted by Gasteiger charge is 2.27. The van der Waals surface area contributed by atoms with Gasteiger partial charge in [-0.05, 0) is 29.3 Å². The van der Waals surface area contributed by atoms with Crippen LogP contribution in [0.5, 0.6) is 5.75 Å². The van der Waals surface area contributed by atoms with Gasteiger partial charge in [0, 0.05) is 51.9 Å². The summed E-state index contributed by atoms with van der Waals surface area (Å²) in [5, 5.41) is 8.97. The Balaban J connectivity index is 1.19. The van der Waals surface area contributed by atoms with Crippen molar-refractivity contribution in [3.05, 3.63) is 82.9 Å². The van der Waals surface area contributed by atoms with Crippen molar-refractivity contribution in [2.24, 2.45) is 0 Å². The normalized spacial score (nSPS) is 15.8. The minimum absolute atomic E-state index is 0.0641. The van der Waals surface area contributed by atoms with Gasteiger partial charge in [0.2, 0.25) is 0 Å². The number of fused-ring (bicyclic) bond motifs is 1. The Bertz CT molecular complexity index is 1150. The Hall–Kier alpha value is -3.63. The fourth-order valence-corrected chi connectivity index (χ4v) is 4.40. The zero-order chi connectivity index (χ0) is 21.9. The van der Waals surface area contributed by atoms with Gasteiger partial charge in [-0.1, -0.05) is 24.3 Å². The van der Waals surface area contributed by atoms with Crippen LogP contribution in [-0.2, 0) is 19.5 Å². The van der Waals surface area contributed by atoms with Crippen LogP contribution in [-0.4, -0.2) is 58.0 Å². The monoisotopic (exact) mass is 427 g/mol. The van der Waals surface area contributed by atoms with Crippen molar-refractivity contribution < 1.29 is 9.53 Å². The third-order valence-electron chi connectivity index (χ3n) is 6.22. The van der Waals surface area contributed by atoms with Gasteiger partial charge in [0.25, 0.3) is 5.91 Å². The van der Waals surface area contributed by atoms with E-state index >= 15 is 0 Å². The van der Waals surface area contributed by atoms with Crippen molar-refractivity contribution in [1.82, 2.24) is 19.4 Å². The summed E-state index contributed by atoms with van der Waals surface area (Å²) in [6, 6.07) is 15.7. The number of benzene rings is 2. The average Bonchev–Trinajstić information content (AvgIpc) is 3.49. The smallest absolute Gasteiger partial charge is 0.257 e. The number of imidazole rings is 1. The van der Waals surface area contributed by atoms with Crippen LogP contribution in [0.3, 0.4) is 0 Å². The van der Waals surface area contributed by atoms with Gasteiger partial charge in [-0.15, -0.1) is 0 Å². The van der Waals surface area contributed by atoms with Crippen LogP contribution < -0.4 is 4.74 Å².